The van der Waals surface area contributed by atoms with Crippen molar-refractivity contribution in [2.45, 2.75) is 0 Å². The van der Waals surface area contributed by atoms with Crippen LogP contribution >= 0.6 is 15.9 Å². The van der Waals surface area contributed by atoms with Gasteiger partial charge in [-0.15, -0.1) is 0 Å². The molecule has 5 nitrogen and oxygen atoms in total. The Bertz CT molecular complexity index is 882. The van der Waals surface area contributed by atoms with E-state index in [2.05, 4.69) is 21.2 Å². The molecule has 6 heteroatoms. The van der Waals surface area contributed by atoms with Crippen LogP contribution in [-0.2, 0) is 0 Å². The molecule has 0 unspecified atom stereocenters. The van der Waals surface area contributed by atoms with E-state index in [1.165, 1.54) is 6.07 Å². The largest absolute Gasteiger partial charge is 0.475 e. The number of carbonyl (C=O) groups is 2. The predicted molar refractivity (Wildman–Crippen MR) is 93.2 cm³/mol. The second-order valence-electron chi connectivity index (χ2n) is 5.01. The lowest BCUT2D eigenvalue weighted by Gasteiger charge is -2.06. The number of nitrogens with one attached hydrogen (secondary N) is 1. The fourth-order valence-corrected chi connectivity index (χ4v) is 2.39. The summed E-state index contributed by atoms with van der Waals surface area (Å²) in [5, 5.41) is 11.7. The Kier molecular flexibility index (Phi) is 4.48. The molecule has 0 atom stereocenters. The van der Waals surface area contributed by atoms with Crippen LogP contribution in [0.2, 0.25) is 0 Å². The Hall–Kier alpha value is -2.86. The van der Waals surface area contributed by atoms with Crippen molar-refractivity contribution in [3.63, 3.8) is 0 Å². The number of hydrogen-bond acceptors (Lipinski definition) is 3. The van der Waals surface area contributed by atoms with Crippen molar-refractivity contribution in [1.29, 1.82) is 0 Å². The van der Waals surface area contributed by atoms with Gasteiger partial charge in [-0.05, 0) is 48.5 Å². The van der Waals surface area contributed by atoms with Crippen LogP contribution in [0.25, 0.3) is 11.3 Å². The number of anilines is 1. The number of aromatic carboxylic acids is 1. The predicted octanol–water partition coefficient (Wildman–Crippen LogP) is 4.66. The highest BCUT2D eigenvalue weighted by atomic mass is 79.9. The number of carboxylic acids is 1. The molecular weight excluding hydrogens is 374 g/mol. The Morgan fingerprint density at radius 2 is 1.58 bits per heavy atom. The summed E-state index contributed by atoms with van der Waals surface area (Å²) in [5.74, 6) is -1.03. The lowest BCUT2D eigenvalue weighted by atomic mass is 10.1. The number of benzene rings is 2. The zero-order valence-electron chi connectivity index (χ0n) is 12.3. The fraction of sp³-hybridized carbons (Fsp3) is 0. The molecule has 24 heavy (non-hydrogen) atoms. The van der Waals surface area contributed by atoms with Gasteiger partial charge < -0.3 is 14.8 Å². The maximum absolute atomic E-state index is 12.2. The topological polar surface area (TPSA) is 79.5 Å². The molecular formula is C18H12BrNO4. The number of furan rings is 1. The lowest BCUT2D eigenvalue weighted by Crippen LogP contribution is -2.11. The van der Waals surface area contributed by atoms with Crippen LogP contribution < -0.4 is 5.32 Å². The van der Waals surface area contributed by atoms with E-state index in [1.54, 1.807) is 42.5 Å². The van der Waals surface area contributed by atoms with E-state index in [1.807, 2.05) is 12.1 Å². The van der Waals surface area contributed by atoms with Gasteiger partial charge in [0.1, 0.15) is 5.76 Å². The minimum atomic E-state index is -1.12. The van der Waals surface area contributed by atoms with Crippen LogP contribution in [-0.4, -0.2) is 17.0 Å². The van der Waals surface area contributed by atoms with E-state index in [4.69, 9.17) is 9.52 Å². The van der Waals surface area contributed by atoms with E-state index in [0.29, 0.717) is 22.6 Å². The standard InChI is InChI=1S/C18H12BrNO4/c19-13-5-7-14(8-6-13)20-17(21)12-3-1-11(2-4-12)15-9-10-16(24-15)18(22)23/h1-10H,(H,20,21)(H,22,23). The maximum atomic E-state index is 12.2. The third-order valence-electron chi connectivity index (χ3n) is 3.35. The van der Waals surface area contributed by atoms with Gasteiger partial charge in [0.2, 0.25) is 5.76 Å². The van der Waals surface area contributed by atoms with Crippen molar-refractivity contribution in [2.75, 3.05) is 5.32 Å². The Balaban J connectivity index is 1.74. The Morgan fingerprint density at radius 1 is 0.917 bits per heavy atom. The summed E-state index contributed by atoms with van der Waals surface area (Å²) in [5.41, 5.74) is 1.89. The molecule has 0 spiro atoms. The molecule has 0 radical (unpaired) electrons. The number of hydrogen-bond donors (Lipinski definition) is 2. The van der Waals surface area contributed by atoms with E-state index < -0.39 is 5.97 Å². The Morgan fingerprint density at radius 3 is 2.17 bits per heavy atom. The first-order chi connectivity index (χ1) is 11.5. The molecule has 0 saturated heterocycles. The molecule has 120 valence electrons. The zero-order valence-corrected chi connectivity index (χ0v) is 13.9. The first-order valence-electron chi connectivity index (χ1n) is 7.03. The molecule has 1 aromatic heterocycles. The van der Waals surface area contributed by atoms with Gasteiger partial charge in [0.05, 0.1) is 0 Å². The lowest BCUT2D eigenvalue weighted by molar-refractivity contribution is 0.0663. The molecule has 0 aliphatic rings. The second-order valence-corrected chi connectivity index (χ2v) is 5.92. The third-order valence-corrected chi connectivity index (χ3v) is 3.88. The van der Waals surface area contributed by atoms with E-state index in [-0.39, 0.29) is 11.7 Å². The highest BCUT2D eigenvalue weighted by molar-refractivity contribution is 9.10. The SMILES string of the molecule is O=C(Nc1ccc(Br)cc1)c1ccc(-c2ccc(C(=O)O)o2)cc1. The van der Waals surface area contributed by atoms with Crippen molar-refractivity contribution in [2.24, 2.45) is 0 Å². The van der Waals surface area contributed by atoms with Crippen LogP contribution in [0.1, 0.15) is 20.9 Å². The van der Waals surface area contributed by atoms with E-state index in [9.17, 15) is 9.59 Å². The van der Waals surface area contributed by atoms with Gasteiger partial charge in [-0.1, -0.05) is 28.1 Å². The third kappa shape index (κ3) is 3.55. The molecule has 3 aromatic rings. The molecule has 0 aliphatic carbocycles. The van der Waals surface area contributed by atoms with E-state index in [0.717, 1.165) is 4.47 Å². The molecule has 0 aliphatic heterocycles. The van der Waals surface area contributed by atoms with Gasteiger partial charge >= 0.3 is 5.97 Å². The molecule has 1 heterocycles. The van der Waals surface area contributed by atoms with Crippen LogP contribution in [0.3, 0.4) is 0 Å². The average Bonchev–Trinajstić information content (AvgIpc) is 3.07. The van der Waals surface area contributed by atoms with Gasteiger partial charge in [-0.3, -0.25) is 4.79 Å². The fourth-order valence-electron chi connectivity index (χ4n) is 2.13. The van der Waals surface area contributed by atoms with Crippen molar-refractivity contribution in [3.8, 4) is 11.3 Å². The normalized spacial score (nSPS) is 10.4. The number of carboxylic acid groups (broad SMARTS) is 1. The van der Waals surface area contributed by atoms with Crippen molar-refractivity contribution in [3.05, 3.63) is 76.5 Å². The second kappa shape index (κ2) is 6.72. The molecule has 0 bridgehead atoms. The first-order valence-corrected chi connectivity index (χ1v) is 7.83. The van der Waals surface area contributed by atoms with Crippen LogP contribution in [0.15, 0.2) is 69.6 Å². The number of amides is 1. The monoisotopic (exact) mass is 385 g/mol. The highest BCUT2D eigenvalue weighted by Gasteiger charge is 2.11. The molecule has 3 rings (SSSR count). The summed E-state index contributed by atoms with van der Waals surface area (Å²) in [6, 6.07) is 17.0. The zero-order chi connectivity index (χ0) is 17.1. The molecule has 2 aromatic carbocycles. The summed E-state index contributed by atoms with van der Waals surface area (Å²) in [6.45, 7) is 0. The number of rotatable bonds is 4. The molecule has 1 amide bonds. The van der Waals surface area contributed by atoms with Crippen LogP contribution in [0.5, 0.6) is 0 Å². The highest BCUT2D eigenvalue weighted by Crippen LogP contribution is 2.23. The number of carbonyl (C=O) groups excluding carboxylic acids is 1. The summed E-state index contributed by atoms with van der Waals surface area (Å²) in [6.07, 6.45) is 0. The summed E-state index contributed by atoms with van der Waals surface area (Å²) in [7, 11) is 0. The van der Waals surface area contributed by atoms with Gasteiger partial charge in [0.25, 0.3) is 5.91 Å². The summed E-state index contributed by atoms with van der Waals surface area (Å²) >= 11 is 3.34. The summed E-state index contributed by atoms with van der Waals surface area (Å²) < 4.78 is 6.17. The summed E-state index contributed by atoms with van der Waals surface area (Å²) in [4.78, 5) is 23.1. The average molecular weight is 386 g/mol. The molecule has 2 N–H and O–H groups in total. The maximum Gasteiger partial charge on any atom is 0.371 e. The van der Waals surface area contributed by atoms with Crippen molar-refractivity contribution < 1.29 is 19.1 Å². The van der Waals surface area contributed by atoms with Crippen LogP contribution in [0.4, 0.5) is 5.69 Å². The van der Waals surface area contributed by atoms with Crippen LogP contribution in [0, 0.1) is 0 Å². The van der Waals surface area contributed by atoms with Gasteiger partial charge in [-0.2, -0.15) is 0 Å². The first kappa shape index (κ1) is 16.0. The van der Waals surface area contributed by atoms with E-state index >= 15 is 0 Å². The van der Waals surface area contributed by atoms with Gasteiger partial charge in [0.15, 0.2) is 0 Å². The van der Waals surface area contributed by atoms with Gasteiger partial charge in [-0.25, -0.2) is 4.79 Å². The minimum absolute atomic E-state index is 0.123. The molecule has 0 fully saturated rings. The Labute approximate surface area is 146 Å². The van der Waals surface area contributed by atoms with Crippen molar-refractivity contribution in [1.82, 2.24) is 0 Å². The number of halogens is 1. The van der Waals surface area contributed by atoms with Crippen molar-refractivity contribution >= 4 is 33.5 Å². The molecule has 0 saturated carbocycles. The minimum Gasteiger partial charge on any atom is -0.475 e. The van der Waals surface area contributed by atoms with Gasteiger partial charge in [0, 0.05) is 21.3 Å². The quantitative estimate of drug-likeness (QED) is 0.684. The smallest absolute Gasteiger partial charge is 0.371 e.